The van der Waals surface area contributed by atoms with Crippen molar-refractivity contribution in [3.63, 3.8) is 0 Å². The predicted octanol–water partition coefficient (Wildman–Crippen LogP) is 2.45. The summed E-state index contributed by atoms with van der Waals surface area (Å²) in [6, 6.07) is 3.75. The standard InChI is InChI=1S/C21H25FN2O4/c1-13-2-3-15(10-16(13)22)18(25)23-8-6-21(7-9-23)11-17(20(27)28)24(12-21)19(26)14-4-5-14/h2-3,10,14,17H,4-9,11-12H2,1H3,(H,27,28)/t17-/m0/s1. The average molecular weight is 388 g/mol. The highest BCUT2D eigenvalue weighted by Crippen LogP contribution is 2.45. The number of aryl methyl sites for hydroxylation is 1. The molecule has 4 rings (SSSR count). The van der Waals surface area contributed by atoms with Gasteiger partial charge in [0.25, 0.3) is 5.91 Å². The van der Waals surface area contributed by atoms with Crippen molar-refractivity contribution in [2.75, 3.05) is 19.6 Å². The van der Waals surface area contributed by atoms with Crippen LogP contribution in [0.3, 0.4) is 0 Å². The van der Waals surface area contributed by atoms with Crippen molar-refractivity contribution in [1.82, 2.24) is 9.80 Å². The lowest BCUT2D eigenvalue weighted by Crippen LogP contribution is -2.45. The van der Waals surface area contributed by atoms with Gasteiger partial charge in [-0.25, -0.2) is 9.18 Å². The highest BCUT2D eigenvalue weighted by molar-refractivity contribution is 5.94. The van der Waals surface area contributed by atoms with E-state index in [2.05, 4.69) is 0 Å². The van der Waals surface area contributed by atoms with Crippen molar-refractivity contribution in [2.24, 2.45) is 11.3 Å². The lowest BCUT2D eigenvalue weighted by atomic mass is 9.76. The van der Waals surface area contributed by atoms with Crippen molar-refractivity contribution in [3.05, 3.63) is 35.1 Å². The van der Waals surface area contributed by atoms with Gasteiger partial charge in [0, 0.05) is 31.1 Å². The molecular formula is C21H25FN2O4. The molecule has 7 heteroatoms. The first kappa shape index (κ1) is 18.9. The second-order valence-corrected chi connectivity index (χ2v) is 8.55. The van der Waals surface area contributed by atoms with Gasteiger partial charge in [-0.3, -0.25) is 9.59 Å². The molecule has 2 aliphatic heterocycles. The van der Waals surface area contributed by atoms with E-state index >= 15 is 0 Å². The zero-order valence-corrected chi connectivity index (χ0v) is 16.0. The fraction of sp³-hybridized carbons (Fsp3) is 0.571. The van der Waals surface area contributed by atoms with Gasteiger partial charge in [0.05, 0.1) is 0 Å². The number of rotatable bonds is 3. The zero-order chi connectivity index (χ0) is 20.1. The molecule has 1 spiro atoms. The number of likely N-dealkylation sites (tertiary alicyclic amines) is 2. The van der Waals surface area contributed by atoms with Crippen LogP contribution in [0.25, 0.3) is 0 Å². The Kier molecular flexibility index (Phi) is 4.63. The molecule has 1 N–H and O–H groups in total. The minimum absolute atomic E-state index is 0.00454. The SMILES string of the molecule is Cc1ccc(C(=O)N2CCC3(CC2)C[C@@H](C(=O)O)N(C(=O)C2CC2)C3)cc1F. The summed E-state index contributed by atoms with van der Waals surface area (Å²) in [5.74, 6) is -1.58. The summed E-state index contributed by atoms with van der Waals surface area (Å²) >= 11 is 0. The van der Waals surface area contributed by atoms with Gasteiger partial charge in [-0.1, -0.05) is 6.07 Å². The van der Waals surface area contributed by atoms with Crippen LogP contribution in [0.1, 0.15) is 48.0 Å². The molecule has 1 saturated carbocycles. The third kappa shape index (κ3) is 3.38. The Labute approximate surface area is 163 Å². The molecule has 0 unspecified atom stereocenters. The number of aliphatic carboxylic acids is 1. The molecule has 28 heavy (non-hydrogen) atoms. The second-order valence-electron chi connectivity index (χ2n) is 8.55. The maximum absolute atomic E-state index is 13.8. The lowest BCUT2D eigenvalue weighted by molar-refractivity contribution is -0.148. The molecule has 2 amide bonds. The second kappa shape index (κ2) is 6.87. The third-order valence-electron chi connectivity index (χ3n) is 6.53. The van der Waals surface area contributed by atoms with Crippen molar-refractivity contribution < 1.29 is 23.9 Å². The van der Waals surface area contributed by atoms with Gasteiger partial charge in [0.2, 0.25) is 5.91 Å². The zero-order valence-electron chi connectivity index (χ0n) is 16.0. The van der Waals surface area contributed by atoms with Crippen molar-refractivity contribution in [3.8, 4) is 0 Å². The Morgan fingerprint density at radius 3 is 2.43 bits per heavy atom. The van der Waals surface area contributed by atoms with E-state index in [1.165, 1.54) is 6.07 Å². The Morgan fingerprint density at radius 2 is 1.86 bits per heavy atom. The molecule has 1 aromatic carbocycles. The number of nitrogens with zero attached hydrogens (tertiary/aromatic N) is 2. The summed E-state index contributed by atoms with van der Waals surface area (Å²) in [5.41, 5.74) is 0.586. The Hall–Kier alpha value is -2.44. The number of carbonyl (C=O) groups excluding carboxylic acids is 2. The molecule has 3 fully saturated rings. The van der Waals surface area contributed by atoms with Crippen LogP contribution in [-0.4, -0.2) is 58.4 Å². The maximum atomic E-state index is 13.8. The van der Waals surface area contributed by atoms with E-state index in [0.717, 1.165) is 12.8 Å². The van der Waals surface area contributed by atoms with Crippen LogP contribution in [0.2, 0.25) is 0 Å². The van der Waals surface area contributed by atoms with E-state index in [9.17, 15) is 23.9 Å². The summed E-state index contributed by atoms with van der Waals surface area (Å²) < 4.78 is 13.8. The summed E-state index contributed by atoms with van der Waals surface area (Å²) in [6.07, 6.45) is 3.47. The maximum Gasteiger partial charge on any atom is 0.326 e. The molecular weight excluding hydrogens is 363 g/mol. The number of amides is 2. The number of carbonyl (C=O) groups is 3. The van der Waals surface area contributed by atoms with E-state index in [-0.39, 0.29) is 23.1 Å². The highest BCUT2D eigenvalue weighted by atomic mass is 19.1. The quantitative estimate of drug-likeness (QED) is 0.863. The number of benzene rings is 1. The number of hydrogen-bond donors (Lipinski definition) is 1. The molecule has 0 radical (unpaired) electrons. The first-order valence-corrected chi connectivity index (χ1v) is 9.88. The minimum atomic E-state index is -0.945. The summed E-state index contributed by atoms with van der Waals surface area (Å²) in [5, 5.41) is 9.59. The van der Waals surface area contributed by atoms with Crippen molar-refractivity contribution in [2.45, 2.75) is 45.1 Å². The molecule has 1 aliphatic carbocycles. The molecule has 0 bridgehead atoms. The summed E-state index contributed by atoms with van der Waals surface area (Å²) in [4.78, 5) is 40.2. The number of halogens is 1. The monoisotopic (exact) mass is 388 g/mol. The van der Waals surface area contributed by atoms with Gasteiger partial charge in [-0.2, -0.15) is 0 Å². The molecule has 2 heterocycles. The lowest BCUT2D eigenvalue weighted by Gasteiger charge is -2.39. The van der Waals surface area contributed by atoms with E-state index in [0.29, 0.717) is 50.0 Å². The first-order valence-electron chi connectivity index (χ1n) is 9.88. The smallest absolute Gasteiger partial charge is 0.326 e. The van der Waals surface area contributed by atoms with Crippen molar-refractivity contribution in [1.29, 1.82) is 0 Å². The highest BCUT2D eigenvalue weighted by Gasteiger charge is 2.52. The normalized spacial score (nSPS) is 23.9. The van der Waals surface area contributed by atoms with E-state index in [1.807, 2.05) is 0 Å². The minimum Gasteiger partial charge on any atom is -0.480 e. The molecule has 6 nitrogen and oxygen atoms in total. The van der Waals surface area contributed by atoms with Crippen LogP contribution in [0.15, 0.2) is 18.2 Å². The van der Waals surface area contributed by atoms with Gasteiger partial charge >= 0.3 is 5.97 Å². The molecule has 1 atom stereocenters. The number of hydrogen-bond acceptors (Lipinski definition) is 3. The largest absolute Gasteiger partial charge is 0.480 e. The molecule has 1 aromatic rings. The average Bonchev–Trinajstić information content (AvgIpc) is 3.46. The van der Waals surface area contributed by atoms with Gasteiger partial charge in [0.1, 0.15) is 11.9 Å². The van der Waals surface area contributed by atoms with Crippen LogP contribution in [0, 0.1) is 24.1 Å². The Balaban J connectivity index is 1.44. The van der Waals surface area contributed by atoms with Crippen LogP contribution in [0.5, 0.6) is 0 Å². The topological polar surface area (TPSA) is 77.9 Å². The van der Waals surface area contributed by atoms with Crippen molar-refractivity contribution >= 4 is 17.8 Å². The molecule has 0 aromatic heterocycles. The number of carboxylic acid groups (broad SMARTS) is 1. The summed E-state index contributed by atoms with van der Waals surface area (Å²) in [7, 11) is 0. The number of carboxylic acids is 1. The van der Waals surface area contributed by atoms with Crippen LogP contribution in [-0.2, 0) is 9.59 Å². The van der Waals surface area contributed by atoms with E-state index < -0.39 is 17.8 Å². The van der Waals surface area contributed by atoms with Gasteiger partial charge in [-0.05, 0) is 62.1 Å². The molecule has 3 aliphatic rings. The fourth-order valence-corrected chi connectivity index (χ4v) is 4.53. The van der Waals surface area contributed by atoms with E-state index in [1.54, 1.807) is 28.9 Å². The van der Waals surface area contributed by atoms with Crippen LogP contribution in [0.4, 0.5) is 4.39 Å². The van der Waals surface area contributed by atoms with Crippen LogP contribution >= 0.6 is 0 Å². The van der Waals surface area contributed by atoms with Gasteiger partial charge < -0.3 is 14.9 Å². The van der Waals surface area contributed by atoms with Gasteiger partial charge in [-0.15, -0.1) is 0 Å². The molecule has 150 valence electrons. The first-order chi connectivity index (χ1) is 13.3. The predicted molar refractivity (Wildman–Crippen MR) is 99.2 cm³/mol. The van der Waals surface area contributed by atoms with E-state index in [4.69, 9.17) is 0 Å². The third-order valence-corrected chi connectivity index (χ3v) is 6.53. The van der Waals surface area contributed by atoms with Gasteiger partial charge in [0.15, 0.2) is 0 Å². The fourth-order valence-electron chi connectivity index (χ4n) is 4.53. The Morgan fingerprint density at radius 1 is 1.18 bits per heavy atom. The van der Waals surface area contributed by atoms with Crippen LogP contribution < -0.4 is 0 Å². The molecule has 2 saturated heterocycles. The summed E-state index contributed by atoms with van der Waals surface area (Å²) in [6.45, 7) is 3.10. The number of piperidine rings is 1. The Bertz CT molecular complexity index is 828.